The zero-order valence-electron chi connectivity index (χ0n) is 13.9. The molecule has 0 unspecified atom stereocenters. The summed E-state index contributed by atoms with van der Waals surface area (Å²) < 4.78 is 9.60. The Hall–Kier alpha value is -2.45. The van der Waals surface area contributed by atoms with Crippen LogP contribution in [0.3, 0.4) is 0 Å². The van der Waals surface area contributed by atoms with Crippen molar-refractivity contribution < 1.29 is 19.1 Å². The van der Waals surface area contributed by atoms with E-state index < -0.39 is 0 Å². The van der Waals surface area contributed by atoms with Gasteiger partial charge < -0.3 is 9.47 Å². The van der Waals surface area contributed by atoms with Gasteiger partial charge in [0.2, 0.25) is 5.13 Å². The molecule has 1 heterocycles. The van der Waals surface area contributed by atoms with Crippen molar-refractivity contribution in [1.29, 1.82) is 0 Å². The maximum absolute atomic E-state index is 11.7. The fourth-order valence-corrected chi connectivity index (χ4v) is 2.63. The first kappa shape index (κ1) is 20.6. The normalized spacial score (nSPS) is 10.2. The molecule has 25 heavy (non-hydrogen) atoms. The average molecular weight is 384 g/mol. The maximum atomic E-state index is 11.7. The van der Waals surface area contributed by atoms with Crippen LogP contribution >= 0.6 is 23.7 Å². The Morgan fingerprint density at radius 1 is 1.28 bits per heavy atom. The highest BCUT2D eigenvalue weighted by molar-refractivity contribution is 7.17. The summed E-state index contributed by atoms with van der Waals surface area (Å²) in [7, 11) is 1.34. The Balaban J connectivity index is 0.00000312. The van der Waals surface area contributed by atoms with Gasteiger partial charge in [-0.15, -0.1) is 12.4 Å². The van der Waals surface area contributed by atoms with E-state index in [1.54, 1.807) is 44.3 Å². The van der Waals surface area contributed by atoms with Crippen LogP contribution in [0.2, 0.25) is 0 Å². The van der Waals surface area contributed by atoms with Crippen molar-refractivity contribution in [3.63, 3.8) is 0 Å². The van der Waals surface area contributed by atoms with Crippen LogP contribution < -0.4 is 5.43 Å². The van der Waals surface area contributed by atoms with Gasteiger partial charge in [-0.05, 0) is 31.5 Å². The molecule has 0 radical (unpaired) electrons. The van der Waals surface area contributed by atoms with Gasteiger partial charge in [-0.2, -0.15) is 5.10 Å². The Morgan fingerprint density at radius 3 is 2.56 bits per heavy atom. The molecule has 134 valence electrons. The van der Waals surface area contributed by atoms with E-state index >= 15 is 0 Å². The van der Waals surface area contributed by atoms with Crippen molar-refractivity contribution in [1.82, 2.24) is 4.98 Å². The van der Waals surface area contributed by atoms with Crippen LogP contribution in [0.4, 0.5) is 5.13 Å². The van der Waals surface area contributed by atoms with E-state index in [2.05, 4.69) is 20.2 Å². The summed E-state index contributed by atoms with van der Waals surface area (Å²) in [6, 6.07) is 6.79. The van der Waals surface area contributed by atoms with E-state index in [4.69, 9.17) is 4.74 Å². The Bertz CT molecular complexity index is 759. The van der Waals surface area contributed by atoms with Crippen molar-refractivity contribution >= 4 is 47.0 Å². The molecule has 0 amide bonds. The molecule has 0 bridgehead atoms. The second-order valence-corrected chi connectivity index (χ2v) is 5.64. The molecule has 7 nitrogen and oxygen atoms in total. The molecule has 0 saturated carbocycles. The summed E-state index contributed by atoms with van der Waals surface area (Å²) in [6.45, 7) is 3.81. The first-order valence-electron chi connectivity index (χ1n) is 7.17. The molecule has 0 atom stereocenters. The smallest absolute Gasteiger partial charge is 0.350 e. The molecule has 1 N–H and O–H groups in total. The number of ether oxygens (including phenoxy) is 2. The number of nitrogens with one attached hydrogen (secondary N) is 1. The monoisotopic (exact) mass is 383 g/mol. The summed E-state index contributed by atoms with van der Waals surface area (Å²) >= 11 is 1.18. The predicted octanol–water partition coefficient (Wildman–Crippen LogP) is 3.28. The van der Waals surface area contributed by atoms with Gasteiger partial charge in [0.15, 0.2) is 0 Å². The summed E-state index contributed by atoms with van der Waals surface area (Å²) in [4.78, 5) is 27.8. The number of hydrogen-bond acceptors (Lipinski definition) is 8. The van der Waals surface area contributed by atoms with E-state index in [0.717, 1.165) is 5.56 Å². The van der Waals surface area contributed by atoms with Crippen LogP contribution in [0.1, 0.15) is 38.2 Å². The van der Waals surface area contributed by atoms with E-state index in [0.29, 0.717) is 27.9 Å². The van der Waals surface area contributed by atoms with Crippen LogP contribution in [-0.2, 0) is 9.47 Å². The Kier molecular flexibility index (Phi) is 8.03. The number of esters is 2. The third-order valence-electron chi connectivity index (χ3n) is 2.96. The van der Waals surface area contributed by atoms with Crippen molar-refractivity contribution in [3.8, 4) is 0 Å². The molecule has 0 aliphatic heterocycles. The second kappa shape index (κ2) is 9.75. The van der Waals surface area contributed by atoms with E-state index in [9.17, 15) is 9.59 Å². The number of hydrazone groups is 1. The second-order valence-electron chi connectivity index (χ2n) is 4.64. The number of methoxy groups -OCH3 is 1. The van der Waals surface area contributed by atoms with Crippen LogP contribution in [-0.4, -0.2) is 36.9 Å². The van der Waals surface area contributed by atoms with Gasteiger partial charge in [0.05, 0.1) is 31.2 Å². The van der Waals surface area contributed by atoms with Crippen molar-refractivity contribution in [2.24, 2.45) is 5.10 Å². The number of benzene rings is 1. The zero-order valence-corrected chi connectivity index (χ0v) is 15.6. The molecule has 1 aromatic carbocycles. The standard InChI is InChI=1S/C16H17N3O4S.ClH/c1-4-23-15(21)13-10(2)18-16(24-13)19-17-9-11-5-7-12(8-6-11)14(20)22-3;/h5-9H,4H2,1-3H3,(H,18,19);1H/b17-9+;. The van der Waals surface area contributed by atoms with Gasteiger partial charge in [-0.3, -0.25) is 5.43 Å². The number of rotatable bonds is 6. The first-order chi connectivity index (χ1) is 11.5. The van der Waals surface area contributed by atoms with Gasteiger partial charge >= 0.3 is 11.9 Å². The zero-order chi connectivity index (χ0) is 17.5. The highest BCUT2D eigenvalue weighted by atomic mass is 35.5. The van der Waals surface area contributed by atoms with Crippen LogP contribution in [0.5, 0.6) is 0 Å². The minimum Gasteiger partial charge on any atom is -0.465 e. The molecular formula is C16H18ClN3O4S. The lowest BCUT2D eigenvalue weighted by Crippen LogP contribution is -2.03. The molecule has 0 saturated heterocycles. The number of carbonyl (C=O) groups is 2. The number of aryl methyl sites for hydroxylation is 1. The SMILES string of the molecule is CCOC(=O)c1sc(N/N=C/c2ccc(C(=O)OC)cc2)nc1C.Cl. The molecule has 1 aromatic heterocycles. The fourth-order valence-electron chi connectivity index (χ4n) is 1.82. The molecule has 2 aromatic rings. The van der Waals surface area contributed by atoms with E-state index in [1.807, 2.05) is 0 Å². The molecule has 2 rings (SSSR count). The lowest BCUT2D eigenvalue weighted by atomic mass is 10.1. The topological polar surface area (TPSA) is 89.9 Å². The first-order valence-corrected chi connectivity index (χ1v) is 7.98. The van der Waals surface area contributed by atoms with Crippen LogP contribution in [0.15, 0.2) is 29.4 Å². The highest BCUT2D eigenvalue weighted by Crippen LogP contribution is 2.23. The fraction of sp³-hybridized carbons (Fsp3) is 0.250. The number of anilines is 1. The summed E-state index contributed by atoms with van der Waals surface area (Å²) in [5, 5.41) is 4.57. The Labute approximate surface area is 155 Å². The molecule has 0 aliphatic carbocycles. The quantitative estimate of drug-likeness (QED) is 0.467. The minimum absolute atomic E-state index is 0. The maximum Gasteiger partial charge on any atom is 0.350 e. The van der Waals surface area contributed by atoms with E-state index in [-0.39, 0.29) is 24.3 Å². The number of aromatic nitrogens is 1. The van der Waals surface area contributed by atoms with Gasteiger partial charge in [-0.1, -0.05) is 23.5 Å². The molecule has 0 aliphatic rings. The molecule has 0 fully saturated rings. The summed E-state index contributed by atoms with van der Waals surface area (Å²) in [5.41, 5.74) is 4.64. The largest absolute Gasteiger partial charge is 0.465 e. The van der Waals surface area contributed by atoms with E-state index in [1.165, 1.54) is 18.4 Å². The van der Waals surface area contributed by atoms with Crippen LogP contribution in [0.25, 0.3) is 0 Å². The average Bonchev–Trinajstić information content (AvgIpc) is 2.96. The molecule has 0 spiro atoms. The highest BCUT2D eigenvalue weighted by Gasteiger charge is 2.15. The van der Waals surface area contributed by atoms with Gasteiger partial charge in [0.1, 0.15) is 4.88 Å². The number of nitrogens with zero attached hydrogens (tertiary/aromatic N) is 2. The van der Waals surface area contributed by atoms with Crippen molar-refractivity contribution in [2.45, 2.75) is 13.8 Å². The predicted molar refractivity (Wildman–Crippen MR) is 99.1 cm³/mol. The number of carbonyl (C=O) groups excluding carboxylic acids is 2. The third-order valence-corrected chi connectivity index (χ3v) is 4.01. The lowest BCUT2D eigenvalue weighted by molar-refractivity contribution is 0.0530. The summed E-state index contributed by atoms with van der Waals surface area (Å²) in [5.74, 6) is -0.774. The number of halogens is 1. The Morgan fingerprint density at radius 2 is 1.96 bits per heavy atom. The number of hydrogen-bond donors (Lipinski definition) is 1. The summed E-state index contributed by atoms with van der Waals surface area (Å²) in [6.07, 6.45) is 1.59. The van der Waals surface area contributed by atoms with Crippen molar-refractivity contribution in [2.75, 3.05) is 19.1 Å². The number of thiazole rings is 1. The molecule has 9 heteroatoms. The van der Waals surface area contributed by atoms with Gasteiger partial charge in [-0.25, -0.2) is 14.6 Å². The van der Waals surface area contributed by atoms with Gasteiger partial charge in [0.25, 0.3) is 0 Å². The minimum atomic E-state index is -0.388. The van der Waals surface area contributed by atoms with Gasteiger partial charge in [0, 0.05) is 0 Å². The molecular weight excluding hydrogens is 366 g/mol. The van der Waals surface area contributed by atoms with Crippen LogP contribution in [0, 0.1) is 6.92 Å². The van der Waals surface area contributed by atoms with Crippen molar-refractivity contribution in [3.05, 3.63) is 46.0 Å². The third kappa shape index (κ3) is 5.54. The lowest BCUT2D eigenvalue weighted by Gasteiger charge is -1.99.